The standard InChI is InChI=1S/C9H18O4/c1-3-4-6-12-7-5-8-13-9(10)11-2/h3-8H2,1-2H3. The Morgan fingerprint density at radius 2 is 1.85 bits per heavy atom. The van der Waals surface area contributed by atoms with Crippen molar-refractivity contribution in [1.29, 1.82) is 0 Å². The lowest BCUT2D eigenvalue weighted by molar-refractivity contribution is 0.0586. The molecule has 0 spiro atoms. The minimum Gasteiger partial charge on any atom is -0.438 e. The van der Waals surface area contributed by atoms with Crippen LogP contribution >= 0.6 is 0 Å². The van der Waals surface area contributed by atoms with E-state index in [9.17, 15) is 4.79 Å². The molecule has 0 amide bonds. The average molecular weight is 190 g/mol. The zero-order chi connectivity index (χ0) is 9.94. The first-order valence-electron chi connectivity index (χ1n) is 4.59. The zero-order valence-corrected chi connectivity index (χ0v) is 8.38. The van der Waals surface area contributed by atoms with Crippen LogP contribution in [0.25, 0.3) is 0 Å². The highest BCUT2D eigenvalue weighted by Gasteiger charge is 1.98. The van der Waals surface area contributed by atoms with E-state index in [0.29, 0.717) is 13.2 Å². The third kappa shape index (κ3) is 9.14. The first kappa shape index (κ1) is 12.2. The van der Waals surface area contributed by atoms with Gasteiger partial charge in [0.25, 0.3) is 0 Å². The van der Waals surface area contributed by atoms with Crippen LogP contribution in [-0.4, -0.2) is 33.1 Å². The minimum absolute atomic E-state index is 0.360. The topological polar surface area (TPSA) is 44.8 Å². The van der Waals surface area contributed by atoms with Crippen LogP contribution in [0.2, 0.25) is 0 Å². The maximum absolute atomic E-state index is 10.5. The van der Waals surface area contributed by atoms with Crippen LogP contribution in [0.5, 0.6) is 0 Å². The van der Waals surface area contributed by atoms with Crippen molar-refractivity contribution < 1.29 is 19.0 Å². The Morgan fingerprint density at radius 1 is 1.15 bits per heavy atom. The second kappa shape index (κ2) is 9.32. The molecular formula is C9H18O4. The van der Waals surface area contributed by atoms with Gasteiger partial charge in [0.2, 0.25) is 0 Å². The molecule has 0 radical (unpaired) electrons. The first-order valence-corrected chi connectivity index (χ1v) is 4.59. The summed E-state index contributed by atoms with van der Waals surface area (Å²) in [4.78, 5) is 10.5. The molecular weight excluding hydrogens is 172 g/mol. The summed E-state index contributed by atoms with van der Waals surface area (Å²) in [5, 5.41) is 0. The molecule has 0 atom stereocenters. The molecule has 13 heavy (non-hydrogen) atoms. The van der Waals surface area contributed by atoms with Gasteiger partial charge in [-0.15, -0.1) is 0 Å². The molecule has 0 unspecified atom stereocenters. The Morgan fingerprint density at radius 3 is 2.46 bits per heavy atom. The molecule has 0 fully saturated rings. The van der Waals surface area contributed by atoms with Gasteiger partial charge in [-0.1, -0.05) is 13.3 Å². The van der Waals surface area contributed by atoms with Crippen LogP contribution in [0, 0.1) is 0 Å². The highest BCUT2D eigenvalue weighted by atomic mass is 16.7. The quantitative estimate of drug-likeness (QED) is 0.455. The molecule has 0 aliphatic carbocycles. The number of rotatable bonds is 7. The zero-order valence-electron chi connectivity index (χ0n) is 8.38. The van der Waals surface area contributed by atoms with E-state index in [1.807, 2.05) is 0 Å². The number of carbonyl (C=O) groups is 1. The van der Waals surface area contributed by atoms with Crippen molar-refractivity contribution >= 4 is 6.16 Å². The van der Waals surface area contributed by atoms with Gasteiger partial charge in [0.05, 0.1) is 13.7 Å². The molecule has 4 nitrogen and oxygen atoms in total. The van der Waals surface area contributed by atoms with E-state index in [1.165, 1.54) is 7.11 Å². The van der Waals surface area contributed by atoms with E-state index in [4.69, 9.17) is 4.74 Å². The molecule has 0 saturated carbocycles. The van der Waals surface area contributed by atoms with Gasteiger partial charge in [-0.3, -0.25) is 0 Å². The lowest BCUT2D eigenvalue weighted by atomic mass is 10.4. The van der Waals surface area contributed by atoms with Crippen molar-refractivity contribution in [2.45, 2.75) is 26.2 Å². The van der Waals surface area contributed by atoms with Gasteiger partial charge in [-0.25, -0.2) is 4.79 Å². The Bertz CT molecular complexity index is 125. The lowest BCUT2D eigenvalue weighted by Gasteiger charge is -2.03. The first-order chi connectivity index (χ1) is 6.31. The molecule has 0 aromatic rings. The summed E-state index contributed by atoms with van der Waals surface area (Å²) in [5.41, 5.74) is 0. The molecule has 0 aliphatic heterocycles. The molecule has 0 heterocycles. The van der Waals surface area contributed by atoms with Gasteiger partial charge < -0.3 is 14.2 Å². The molecule has 0 aliphatic rings. The number of hydrogen-bond donors (Lipinski definition) is 0. The second-order valence-corrected chi connectivity index (χ2v) is 2.62. The van der Waals surface area contributed by atoms with E-state index < -0.39 is 6.16 Å². The smallest absolute Gasteiger partial charge is 0.438 e. The molecule has 0 N–H and O–H groups in total. The molecule has 0 saturated heterocycles. The van der Waals surface area contributed by atoms with Crippen LogP contribution in [0.15, 0.2) is 0 Å². The molecule has 0 bridgehead atoms. The predicted octanol–water partition coefficient (Wildman–Crippen LogP) is 1.98. The van der Waals surface area contributed by atoms with Gasteiger partial charge in [0, 0.05) is 19.6 Å². The number of methoxy groups -OCH3 is 1. The van der Waals surface area contributed by atoms with Crippen LogP contribution in [0.4, 0.5) is 4.79 Å². The van der Waals surface area contributed by atoms with Gasteiger partial charge in [0.15, 0.2) is 0 Å². The summed E-state index contributed by atoms with van der Waals surface area (Å²) in [7, 11) is 1.29. The fraction of sp³-hybridized carbons (Fsp3) is 0.889. The summed E-state index contributed by atoms with van der Waals surface area (Å²) in [6.07, 6.45) is 2.31. The highest BCUT2D eigenvalue weighted by Crippen LogP contribution is 1.91. The number of ether oxygens (including phenoxy) is 3. The highest BCUT2D eigenvalue weighted by molar-refractivity contribution is 5.59. The van der Waals surface area contributed by atoms with E-state index >= 15 is 0 Å². The SMILES string of the molecule is CCCCOCCCOC(=O)OC. The monoisotopic (exact) mass is 190 g/mol. The van der Waals surface area contributed by atoms with Gasteiger partial charge in [0.1, 0.15) is 0 Å². The minimum atomic E-state index is -0.631. The van der Waals surface area contributed by atoms with Crippen LogP contribution in [0.1, 0.15) is 26.2 Å². The van der Waals surface area contributed by atoms with E-state index in [-0.39, 0.29) is 0 Å². The lowest BCUT2D eigenvalue weighted by Crippen LogP contribution is -2.07. The van der Waals surface area contributed by atoms with Crippen molar-refractivity contribution in [2.24, 2.45) is 0 Å². The van der Waals surface area contributed by atoms with Crippen LogP contribution < -0.4 is 0 Å². The molecule has 0 aromatic heterocycles. The van der Waals surface area contributed by atoms with E-state index in [1.54, 1.807) is 0 Å². The molecule has 78 valence electrons. The Labute approximate surface area is 79.2 Å². The number of hydrogen-bond acceptors (Lipinski definition) is 4. The summed E-state index contributed by atoms with van der Waals surface area (Å²) in [5.74, 6) is 0. The maximum atomic E-state index is 10.5. The van der Waals surface area contributed by atoms with Crippen molar-refractivity contribution in [2.75, 3.05) is 26.9 Å². The Kier molecular flexibility index (Phi) is 8.77. The molecule has 4 heteroatoms. The Hall–Kier alpha value is -0.770. The second-order valence-electron chi connectivity index (χ2n) is 2.62. The average Bonchev–Trinajstić information content (AvgIpc) is 2.16. The summed E-state index contributed by atoms with van der Waals surface area (Å²) < 4.78 is 14.2. The van der Waals surface area contributed by atoms with Gasteiger partial charge >= 0.3 is 6.16 Å². The fourth-order valence-corrected chi connectivity index (χ4v) is 0.724. The Balaban J connectivity index is 2.95. The number of unbranched alkanes of at least 4 members (excludes halogenated alkanes) is 1. The van der Waals surface area contributed by atoms with E-state index in [2.05, 4.69) is 16.4 Å². The fourth-order valence-electron chi connectivity index (χ4n) is 0.724. The van der Waals surface area contributed by atoms with Crippen LogP contribution in [-0.2, 0) is 14.2 Å². The van der Waals surface area contributed by atoms with Crippen molar-refractivity contribution in [3.8, 4) is 0 Å². The van der Waals surface area contributed by atoms with Crippen LogP contribution in [0.3, 0.4) is 0 Å². The summed E-state index contributed by atoms with van der Waals surface area (Å²) in [6.45, 7) is 3.90. The molecule has 0 rings (SSSR count). The third-order valence-corrected chi connectivity index (χ3v) is 1.46. The maximum Gasteiger partial charge on any atom is 0.507 e. The van der Waals surface area contributed by atoms with Crippen molar-refractivity contribution in [3.63, 3.8) is 0 Å². The normalized spacial score (nSPS) is 9.69. The van der Waals surface area contributed by atoms with Gasteiger partial charge in [-0.05, 0) is 6.42 Å². The third-order valence-electron chi connectivity index (χ3n) is 1.46. The molecule has 0 aromatic carbocycles. The number of carbonyl (C=O) groups excluding carboxylic acids is 1. The van der Waals surface area contributed by atoms with E-state index in [0.717, 1.165) is 25.9 Å². The summed E-state index contributed by atoms with van der Waals surface area (Å²) >= 11 is 0. The predicted molar refractivity (Wildman–Crippen MR) is 48.7 cm³/mol. The summed E-state index contributed by atoms with van der Waals surface area (Å²) in [6, 6.07) is 0. The van der Waals surface area contributed by atoms with Crippen molar-refractivity contribution in [1.82, 2.24) is 0 Å². The van der Waals surface area contributed by atoms with Gasteiger partial charge in [-0.2, -0.15) is 0 Å². The largest absolute Gasteiger partial charge is 0.507 e. The van der Waals surface area contributed by atoms with Crippen molar-refractivity contribution in [3.05, 3.63) is 0 Å².